The first-order valence-corrected chi connectivity index (χ1v) is 7.53. The molecule has 0 fully saturated rings. The fourth-order valence-corrected chi connectivity index (χ4v) is 2.64. The van der Waals surface area contributed by atoms with Gasteiger partial charge in [0, 0.05) is 0 Å². The lowest BCUT2D eigenvalue weighted by Crippen LogP contribution is -2.16. The second kappa shape index (κ2) is 7.12. The van der Waals surface area contributed by atoms with E-state index in [9.17, 15) is 12.8 Å². The third-order valence-corrected chi connectivity index (χ3v) is 3.68. The molecule has 0 amide bonds. The topological polar surface area (TPSA) is 66.4 Å². The van der Waals surface area contributed by atoms with Crippen molar-refractivity contribution < 1.29 is 17.9 Å². The van der Waals surface area contributed by atoms with Gasteiger partial charge in [-0.3, -0.25) is 4.72 Å². The van der Waals surface area contributed by atoms with Gasteiger partial charge < -0.3 is 5.11 Å². The van der Waals surface area contributed by atoms with Crippen LogP contribution in [0, 0.1) is 17.7 Å². The Bertz CT molecular complexity index is 588. The zero-order valence-electron chi connectivity index (χ0n) is 10.6. The van der Waals surface area contributed by atoms with Gasteiger partial charge in [0.05, 0.1) is 17.0 Å². The average Bonchev–Trinajstić information content (AvgIpc) is 2.35. The number of halogens is 1. The van der Waals surface area contributed by atoms with Crippen LogP contribution in [0.5, 0.6) is 0 Å². The minimum Gasteiger partial charge on any atom is -0.384 e. The Morgan fingerprint density at radius 3 is 2.74 bits per heavy atom. The second-order valence-corrected chi connectivity index (χ2v) is 5.77. The molecule has 0 aromatic heterocycles. The Morgan fingerprint density at radius 2 is 2.16 bits per heavy atom. The summed E-state index contributed by atoms with van der Waals surface area (Å²) in [5.41, 5.74) is 0.286. The standard InChI is InChI=1S/C13H16FNO3S/c1-2-3-9-19(17,18)15-12-7-6-11(5-4-8-16)13(14)10-12/h6-7,10,15-16H,2-3,8-9H2,1H3. The molecule has 0 atom stereocenters. The monoisotopic (exact) mass is 285 g/mol. The van der Waals surface area contributed by atoms with Gasteiger partial charge in [-0.05, 0) is 24.6 Å². The van der Waals surface area contributed by atoms with Crippen molar-refractivity contribution in [3.8, 4) is 11.8 Å². The van der Waals surface area contributed by atoms with Gasteiger partial charge in [-0.1, -0.05) is 25.2 Å². The first-order valence-electron chi connectivity index (χ1n) is 5.88. The maximum atomic E-state index is 13.6. The molecule has 0 saturated carbocycles. The maximum Gasteiger partial charge on any atom is 0.232 e. The van der Waals surface area contributed by atoms with Crippen LogP contribution in [0.3, 0.4) is 0 Å². The SMILES string of the molecule is CCCCS(=O)(=O)Nc1ccc(C#CCO)c(F)c1. The summed E-state index contributed by atoms with van der Waals surface area (Å²) in [5, 5.41) is 8.52. The van der Waals surface area contributed by atoms with Crippen LogP contribution in [0.1, 0.15) is 25.3 Å². The summed E-state index contributed by atoms with van der Waals surface area (Å²) in [6, 6.07) is 3.88. The van der Waals surface area contributed by atoms with Crippen LogP contribution >= 0.6 is 0 Å². The highest BCUT2D eigenvalue weighted by atomic mass is 32.2. The van der Waals surface area contributed by atoms with Gasteiger partial charge in [0.1, 0.15) is 12.4 Å². The van der Waals surface area contributed by atoms with Crippen LogP contribution in [0.4, 0.5) is 10.1 Å². The van der Waals surface area contributed by atoms with Crippen LogP contribution in [0.2, 0.25) is 0 Å². The molecule has 0 unspecified atom stereocenters. The van der Waals surface area contributed by atoms with Gasteiger partial charge >= 0.3 is 0 Å². The van der Waals surface area contributed by atoms with Crippen LogP contribution in [0.15, 0.2) is 18.2 Å². The number of sulfonamides is 1. The lowest BCUT2D eigenvalue weighted by Gasteiger charge is -2.07. The molecule has 0 spiro atoms. The Hall–Kier alpha value is -1.58. The minimum absolute atomic E-state index is 0.0111. The molecule has 0 saturated heterocycles. The van der Waals surface area contributed by atoms with Crippen molar-refractivity contribution in [2.24, 2.45) is 0 Å². The molecular weight excluding hydrogens is 269 g/mol. The van der Waals surface area contributed by atoms with E-state index < -0.39 is 15.8 Å². The van der Waals surface area contributed by atoms with E-state index >= 15 is 0 Å². The predicted octanol–water partition coefficient (Wildman–Crippen LogP) is 1.71. The first kappa shape index (κ1) is 15.5. The zero-order chi connectivity index (χ0) is 14.3. The molecule has 0 aliphatic rings. The van der Waals surface area contributed by atoms with Crippen molar-refractivity contribution in [2.75, 3.05) is 17.1 Å². The van der Waals surface area contributed by atoms with E-state index in [0.717, 1.165) is 12.5 Å². The summed E-state index contributed by atoms with van der Waals surface area (Å²) in [6.07, 6.45) is 1.32. The molecule has 0 heterocycles. The Morgan fingerprint density at radius 1 is 1.42 bits per heavy atom. The second-order valence-electron chi connectivity index (χ2n) is 3.93. The molecule has 0 aliphatic carbocycles. The molecule has 0 radical (unpaired) electrons. The van der Waals surface area contributed by atoms with Crippen LogP contribution in [0.25, 0.3) is 0 Å². The van der Waals surface area contributed by atoms with Gasteiger partial charge in [-0.25, -0.2) is 12.8 Å². The fraction of sp³-hybridized carbons (Fsp3) is 0.385. The summed E-state index contributed by atoms with van der Waals surface area (Å²) >= 11 is 0. The average molecular weight is 285 g/mol. The van der Waals surface area contributed by atoms with Gasteiger partial charge in [0.25, 0.3) is 0 Å². The summed E-state index contributed by atoms with van der Waals surface area (Å²) in [5.74, 6) is 4.15. The number of hydrogen-bond acceptors (Lipinski definition) is 3. The van der Waals surface area contributed by atoms with E-state index in [0.29, 0.717) is 6.42 Å². The fourth-order valence-electron chi connectivity index (χ4n) is 1.38. The highest BCUT2D eigenvalue weighted by Gasteiger charge is 2.10. The molecule has 4 nitrogen and oxygen atoms in total. The number of unbranched alkanes of at least 4 members (excludes halogenated alkanes) is 1. The molecule has 19 heavy (non-hydrogen) atoms. The number of hydrogen-bond donors (Lipinski definition) is 2. The lowest BCUT2D eigenvalue weighted by atomic mass is 10.2. The van der Waals surface area contributed by atoms with Gasteiger partial charge in [-0.2, -0.15) is 0 Å². The van der Waals surface area contributed by atoms with Crippen molar-refractivity contribution in [3.05, 3.63) is 29.6 Å². The van der Waals surface area contributed by atoms with Crippen LogP contribution < -0.4 is 4.72 Å². The summed E-state index contributed by atoms with van der Waals surface area (Å²) in [7, 11) is -3.44. The van der Waals surface area contributed by atoms with Crippen molar-refractivity contribution in [1.82, 2.24) is 0 Å². The van der Waals surface area contributed by atoms with E-state index in [1.165, 1.54) is 12.1 Å². The predicted molar refractivity (Wildman–Crippen MR) is 72.7 cm³/mol. The third-order valence-electron chi connectivity index (χ3n) is 2.31. The lowest BCUT2D eigenvalue weighted by molar-refractivity contribution is 0.350. The van der Waals surface area contributed by atoms with Crippen LogP contribution in [-0.2, 0) is 10.0 Å². The van der Waals surface area contributed by atoms with E-state index in [2.05, 4.69) is 16.6 Å². The number of nitrogens with one attached hydrogen (secondary N) is 1. The number of anilines is 1. The molecule has 2 N–H and O–H groups in total. The first-order chi connectivity index (χ1) is 8.98. The zero-order valence-corrected chi connectivity index (χ0v) is 11.4. The Balaban J connectivity index is 2.84. The van der Waals surface area contributed by atoms with Crippen molar-refractivity contribution in [2.45, 2.75) is 19.8 Å². The molecule has 1 rings (SSSR count). The van der Waals surface area contributed by atoms with Gasteiger partial charge in [0.2, 0.25) is 10.0 Å². The number of benzene rings is 1. The third kappa shape index (κ3) is 5.28. The summed E-state index contributed by atoms with van der Waals surface area (Å²) < 4.78 is 39.2. The van der Waals surface area contributed by atoms with Crippen molar-refractivity contribution in [1.29, 1.82) is 0 Å². The number of rotatable bonds is 5. The Kier molecular flexibility index (Phi) is 5.80. The molecular formula is C13H16FNO3S. The van der Waals surface area contributed by atoms with Crippen LogP contribution in [-0.4, -0.2) is 25.9 Å². The quantitative estimate of drug-likeness (QED) is 0.809. The smallest absolute Gasteiger partial charge is 0.232 e. The van der Waals surface area contributed by atoms with Gasteiger partial charge in [0.15, 0.2) is 0 Å². The van der Waals surface area contributed by atoms with E-state index in [1.54, 1.807) is 0 Å². The number of aliphatic hydroxyl groups is 1. The highest BCUT2D eigenvalue weighted by Crippen LogP contribution is 2.15. The highest BCUT2D eigenvalue weighted by molar-refractivity contribution is 7.92. The normalized spacial score (nSPS) is 10.7. The molecule has 6 heteroatoms. The van der Waals surface area contributed by atoms with E-state index in [1.807, 2.05) is 6.92 Å². The van der Waals surface area contributed by atoms with E-state index in [-0.39, 0.29) is 23.6 Å². The summed E-state index contributed by atoms with van der Waals surface area (Å²) in [4.78, 5) is 0. The molecule has 1 aromatic carbocycles. The van der Waals surface area contributed by atoms with Crippen molar-refractivity contribution >= 4 is 15.7 Å². The van der Waals surface area contributed by atoms with E-state index in [4.69, 9.17) is 5.11 Å². The molecule has 0 bridgehead atoms. The van der Waals surface area contributed by atoms with Crippen molar-refractivity contribution in [3.63, 3.8) is 0 Å². The molecule has 0 aliphatic heterocycles. The maximum absolute atomic E-state index is 13.6. The van der Waals surface area contributed by atoms with Gasteiger partial charge in [-0.15, -0.1) is 0 Å². The minimum atomic E-state index is -3.44. The molecule has 1 aromatic rings. The summed E-state index contributed by atoms with van der Waals surface area (Å²) in [6.45, 7) is 1.54. The largest absolute Gasteiger partial charge is 0.384 e. The Labute approximate surface area is 112 Å². The molecule has 104 valence electrons. The number of aliphatic hydroxyl groups excluding tert-OH is 1.